The molecule has 0 N–H and O–H groups in total. The van der Waals surface area contributed by atoms with Crippen molar-refractivity contribution < 1.29 is 8.85 Å². The number of hydrogen-bond donors (Lipinski definition) is 0. The maximum atomic E-state index is 6.04. The second kappa shape index (κ2) is 2.94. The fourth-order valence-corrected chi connectivity index (χ4v) is 5.07. The fourth-order valence-electron chi connectivity index (χ4n) is 1.69. The summed E-state index contributed by atoms with van der Waals surface area (Å²) in [5.74, 6) is 0. The molecule has 76 valence electrons. The minimum absolute atomic E-state index is 0.184. The van der Waals surface area contributed by atoms with Gasteiger partial charge in [-0.3, -0.25) is 0 Å². The molecular weight excluding hydrogens is 180 g/mol. The highest BCUT2D eigenvalue weighted by atomic mass is 28.4. The molecule has 1 fully saturated rings. The Morgan fingerprint density at radius 1 is 1.15 bits per heavy atom. The molecule has 3 heteroatoms. The minimum atomic E-state index is -1.98. The van der Waals surface area contributed by atoms with Gasteiger partial charge in [0.1, 0.15) is 0 Å². The van der Waals surface area contributed by atoms with Gasteiger partial charge >= 0.3 is 8.56 Å². The molecule has 1 rings (SSSR count). The summed E-state index contributed by atoms with van der Waals surface area (Å²) >= 11 is 0. The standard InChI is InChI=1S/C10H20O2Si/c1-7-8-13(6)11-9(2,3)10(4,5)12-13/h7H,1,8H2,2-6H3. The van der Waals surface area contributed by atoms with Crippen molar-refractivity contribution in [1.29, 1.82) is 0 Å². The van der Waals surface area contributed by atoms with Gasteiger partial charge in [-0.15, -0.1) is 6.58 Å². The van der Waals surface area contributed by atoms with Crippen molar-refractivity contribution in [3.05, 3.63) is 12.7 Å². The van der Waals surface area contributed by atoms with Crippen LogP contribution in [0.15, 0.2) is 12.7 Å². The van der Waals surface area contributed by atoms with E-state index in [0.717, 1.165) is 6.04 Å². The lowest BCUT2D eigenvalue weighted by atomic mass is 9.90. The molecule has 0 amide bonds. The zero-order valence-corrected chi connectivity index (χ0v) is 10.3. The van der Waals surface area contributed by atoms with Gasteiger partial charge in [0.15, 0.2) is 0 Å². The molecule has 1 aliphatic rings. The van der Waals surface area contributed by atoms with Gasteiger partial charge in [-0.05, 0) is 34.2 Å². The third-order valence-corrected chi connectivity index (χ3v) is 5.82. The smallest absolute Gasteiger partial charge is 0.339 e. The predicted octanol–water partition coefficient (Wildman–Crippen LogP) is 2.85. The van der Waals surface area contributed by atoms with Crippen molar-refractivity contribution in [3.8, 4) is 0 Å². The van der Waals surface area contributed by atoms with E-state index in [9.17, 15) is 0 Å². The van der Waals surface area contributed by atoms with E-state index in [0.29, 0.717) is 0 Å². The van der Waals surface area contributed by atoms with E-state index in [2.05, 4.69) is 40.8 Å². The Morgan fingerprint density at radius 3 is 1.85 bits per heavy atom. The maximum Gasteiger partial charge on any atom is 0.339 e. The highest BCUT2D eigenvalue weighted by molar-refractivity contribution is 6.67. The van der Waals surface area contributed by atoms with E-state index in [1.54, 1.807) is 0 Å². The summed E-state index contributed by atoms with van der Waals surface area (Å²) in [6.07, 6.45) is 1.89. The normalized spacial score (nSPS) is 28.7. The quantitative estimate of drug-likeness (QED) is 0.504. The van der Waals surface area contributed by atoms with Crippen molar-refractivity contribution in [1.82, 2.24) is 0 Å². The molecule has 13 heavy (non-hydrogen) atoms. The largest absolute Gasteiger partial charge is 0.386 e. The zero-order valence-electron chi connectivity index (χ0n) is 9.31. The van der Waals surface area contributed by atoms with E-state index in [-0.39, 0.29) is 11.2 Å². The van der Waals surface area contributed by atoms with Crippen molar-refractivity contribution in [3.63, 3.8) is 0 Å². The summed E-state index contributed by atoms with van der Waals surface area (Å²) in [6.45, 7) is 14.2. The van der Waals surface area contributed by atoms with Gasteiger partial charge in [0.05, 0.1) is 11.2 Å². The Morgan fingerprint density at radius 2 is 1.54 bits per heavy atom. The van der Waals surface area contributed by atoms with Crippen LogP contribution in [0.3, 0.4) is 0 Å². The number of rotatable bonds is 2. The van der Waals surface area contributed by atoms with Gasteiger partial charge in [-0.2, -0.15) is 0 Å². The van der Waals surface area contributed by atoms with Gasteiger partial charge in [-0.25, -0.2) is 0 Å². The van der Waals surface area contributed by atoms with Crippen LogP contribution in [0.1, 0.15) is 27.7 Å². The third kappa shape index (κ3) is 1.87. The average Bonchev–Trinajstić information content (AvgIpc) is 1.96. The third-order valence-electron chi connectivity index (χ3n) is 2.91. The molecule has 1 heterocycles. The molecule has 0 spiro atoms. The second-order valence-electron chi connectivity index (χ2n) is 4.85. The SMILES string of the molecule is C=CC[Si]1(C)OC(C)(C)C(C)(C)O1. The summed E-state index contributed by atoms with van der Waals surface area (Å²) in [4.78, 5) is 0. The molecule has 0 aromatic rings. The minimum Gasteiger partial charge on any atom is -0.386 e. The highest BCUT2D eigenvalue weighted by Crippen LogP contribution is 2.42. The molecule has 1 aliphatic heterocycles. The van der Waals surface area contributed by atoms with E-state index in [1.807, 2.05) is 6.08 Å². The lowest BCUT2D eigenvalue weighted by Crippen LogP contribution is -2.41. The van der Waals surface area contributed by atoms with Crippen LogP contribution in [0, 0.1) is 0 Å². The van der Waals surface area contributed by atoms with Crippen molar-refractivity contribution in [2.24, 2.45) is 0 Å². The summed E-state index contributed by atoms with van der Waals surface area (Å²) in [5.41, 5.74) is -0.367. The van der Waals surface area contributed by atoms with Crippen LogP contribution in [-0.2, 0) is 8.85 Å². The first kappa shape index (κ1) is 11.0. The first-order chi connectivity index (χ1) is 5.72. The monoisotopic (exact) mass is 200 g/mol. The lowest BCUT2D eigenvalue weighted by Gasteiger charge is -2.31. The Hall–Kier alpha value is -0.123. The van der Waals surface area contributed by atoms with Gasteiger partial charge in [0, 0.05) is 6.04 Å². The van der Waals surface area contributed by atoms with E-state index in [4.69, 9.17) is 8.85 Å². The summed E-state index contributed by atoms with van der Waals surface area (Å²) in [7, 11) is -1.98. The fraction of sp³-hybridized carbons (Fsp3) is 0.800. The molecule has 0 radical (unpaired) electrons. The molecule has 2 nitrogen and oxygen atoms in total. The molecule has 0 unspecified atom stereocenters. The van der Waals surface area contributed by atoms with Crippen LogP contribution in [-0.4, -0.2) is 19.8 Å². The van der Waals surface area contributed by atoms with Crippen molar-refractivity contribution >= 4 is 8.56 Å². The first-order valence-electron chi connectivity index (χ1n) is 4.74. The number of allylic oxidation sites excluding steroid dienone is 1. The Bertz CT molecular complexity index is 205. The van der Waals surface area contributed by atoms with Crippen molar-refractivity contribution in [2.75, 3.05) is 0 Å². The number of hydrogen-bond acceptors (Lipinski definition) is 2. The van der Waals surface area contributed by atoms with Crippen LogP contribution in [0.4, 0.5) is 0 Å². The molecule has 0 bridgehead atoms. The topological polar surface area (TPSA) is 18.5 Å². The summed E-state index contributed by atoms with van der Waals surface area (Å²) in [6, 6.07) is 0.861. The lowest BCUT2D eigenvalue weighted by molar-refractivity contribution is 0.00578. The zero-order chi connectivity index (χ0) is 10.3. The Balaban J connectivity index is 2.86. The van der Waals surface area contributed by atoms with Crippen LogP contribution in [0.2, 0.25) is 12.6 Å². The van der Waals surface area contributed by atoms with E-state index >= 15 is 0 Å². The molecular formula is C10H20O2Si. The van der Waals surface area contributed by atoms with Crippen LogP contribution >= 0.6 is 0 Å². The van der Waals surface area contributed by atoms with Gasteiger partial charge in [0.2, 0.25) is 0 Å². The van der Waals surface area contributed by atoms with Gasteiger partial charge < -0.3 is 8.85 Å². The maximum absolute atomic E-state index is 6.04. The molecule has 0 aromatic carbocycles. The summed E-state index contributed by atoms with van der Waals surface area (Å²) < 4.78 is 12.1. The van der Waals surface area contributed by atoms with Gasteiger partial charge in [-0.1, -0.05) is 6.08 Å². The molecule has 1 saturated heterocycles. The Labute approximate surface area is 82.2 Å². The molecule has 0 aromatic heterocycles. The van der Waals surface area contributed by atoms with Crippen LogP contribution < -0.4 is 0 Å². The molecule has 0 atom stereocenters. The van der Waals surface area contributed by atoms with Crippen LogP contribution in [0.25, 0.3) is 0 Å². The predicted molar refractivity (Wildman–Crippen MR) is 57.0 cm³/mol. The molecule has 0 saturated carbocycles. The first-order valence-corrected chi connectivity index (χ1v) is 7.26. The molecule has 0 aliphatic carbocycles. The Kier molecular flexibility index (Phi) is 2.47. The van der Waals surface area contributed by atoms with Crippen molar-refractivity contribution in [2.45, 2.75) is 51.5 Å². The van der Waals surface area contributed by atoms with E-state index in [1.165, 1.54) is 0 Å². The highest BCUT2D eigenvalue weighted by Gasteiger charge is 2.55. The second-order valence-corrected chi connectivity index (χ2v) is 7.94. The summed E-state index contributed by atoms with van der Waals surface area (Å²) in [5, 5.41) is 0. The average molecular weight is 200 g/mol. The van der Waals surface area contributed by atoms with Crippen LogP contribution in [0.5, 0.6) is 0 Å². The van der Waals surface area contributed by atoms with Gasteiger partial charge in [0.25, 0.3) is 0 Å². The van der Waals surface area contributed by atoms with E-state index < -0.39 is 8.56 Å².